The van der Waals surface area contributed by atoms with E-state index in [9.17, 15) is 57.2 Å². The Morgan fingerprint density at radius 3 is 1.42 bits per heavy atom. The number of carboxylic acid groups (broad SMARTS) is 4. The molecule has 1 aliphatic rings. The lowest BCUT2D eigenvalue weighted by Crippen LogP contribution is -2.52. The molecule has 1 heterocycles. The minimum Gasteiger partial charge on any atom is -0.480 e. The van der Waals surface area contributed by atoms with E-state index in [4.69, 9.17) is 0 Å². The molecule has 1 aliphatic heterocycles. The van der Waals surface area contributed by atoms with Crippen LogP contribution in [0, 0.1) is 0 Å². The van der Waals surface area contributed by atoms with E-state index in [1.54, 1.807) is 19.6 Å². The summed E-state index contributed by atoms with van der Waals surface area (Å²) in [5, 5.41) is 38.1. The zero-order valence-corrected chi connectivity index (χ0v) is 23.2. The number of aliphatic carboxylic acids is 4. The van der Waals surface area contributed by atoms with Crippen LogP contribution < -0.4 is 4.74 Å². The minimum absolute atomic E-state index is 0.0698. The second kappa shape index (κ2) is 17.5. The Bertz CT molecular complexity index is 1040. The van der Waals surface area contributed by atoms with E-state index in [0.717, 1.165) is 0 Å². The third kappa shape index (κ3) is 13.1. The lowest BCUT2D eigenvalue weighted by Gasteiger charge is -2.35. The predicted molar refractivity (Wildman–Crippen MR) is 142 cm³/mol. The lowest BCUT2D eigenvalue weighted by molar-refractivity contribution is -0.144. The highest BCUT2D eigenvalue weighted by atomic mass is 19.3. The molecule has 3 atom stereocenters. The summed E-state index contributed by atoms with van der Waals surface area (Å²) in [6, 6.07) is 3.94. The minimum atomic E-state index is -3.58. The van der Waals surface area contributed by atoms with Crippen molar-refractivity contribution < 1.29 is 61.9 Å². The first-order valence-corrected chi connectivity index (χ1v) is 13.4. The van der Waals surface area contributed by atoms with E-state index in [1.165, 1.54) is 24.3 Å². The Morgan fingerprint density at radius 2 is 1.07 bits per heavy atom. The van der Waals surface area contributed by atoms with E-state index in [-0.39, 0.29) is 84.2 Å². The number of benzene rings is 1. The fraction of sp³-hybridized carbons (Fsp3) is 0.615. The van der Waals surface area contributed by atoms with Gasteiger partial charge >= 0.3 is 23.9 Å². The highest BCUT2D eigenvalue weighted by molar-refractivity contribution is 5.74. The summed E-state index contributed by atoms with van der Waals surface area (Å²) in [5.74, 6) is -4.83. The van der Waals surface area contributed by atoms with Crippen molar-refractivity contribution in [3.63, 3.8) is 0 Å². The van der Waals surface area contributed by atoms with E-state index in [1.807, 2.05) is 0 Å². The molecule has 0 aliphatic carbocycles. The van der Waals surface area contributed by atoms with Gasteiger partial charge in [0.1, 0.15) is 11.8 Å². The fourth-order valence-electron chi connectivity index (χ4n) is 4.52. The molecule has 17 heteroatoms. The van der Waals surface area contributed by atoms with Crippen LogP contribution in [0.4, 0.5) is 17.6 Å². The van der Waals surface area contributed by atoms with Gasteiger partial charge in [0, 0.05) is 52.4 Å². The average Bonchev–Trinajstić information content (AvgIpc) is 2.91. The van der Waals surface area contributed by atoms with Crippen LogP contribution in [0.1, 0.15) is 5.56 Å². The van der Waals surface area contributed by atoms with Gasteiger partial charge in [0.15, 0.2) is 0 Å². The average molecular weight is 625 g/mol. The smallest absolute Gasteiger partial charge is 0.321 e. The Labute approximate surface area is 244 Å². The van der Waals surface area contributed by atoms with E-state index < -0.39 is 48.9 Å². The lowest BCUT2D eigenvalue weighted by atomic mass is 10.0. The number of carboxylic acids is 4. The summed E-state index contributed by atoms with van der Waals surface area (Å²) in [6.45, 7) is -0.0516. The summed E-state index contributed by atoms with van der Waals surface area (Å²) in [5.41, 5.74) is 0.432. The molecule has 0 amide bonds. The van der Waals surface area contributed by atoms with E-state index in [2.05, 4.69) is 4.74 Å². The molecule has 242 valence electrons. The molecule has 0 aromatic heterocycles. The van der Waals surface area contributed by atoms with Crippen molar-refractivity contribution in [1.29, 1.82) is 0 Å². The number of ether oxygens (including phenoxy) is 1. The van der Waals surface area contributed by atoms with Crippen LogP contribution in [0.5, 0.6) is 5.75 Å². The summed E-state index contributed by atoms with van der Waals surface area (Å²) in [6.07, 6.45) is -9.72. The van der Waals surface area contributed by atoms with Crippen LogP contribution >= 0.6 is 0 Å². The molecule has 3 unspecified atom stereocenters. The Balaban J connectivity index is 2.25. The summed E-state index contributed by atoms with van der Waals surface area (Å²) >= 11 is 0. The van der Waals surface area contributed by atoms with Crippen LogP contribution in [-0.2, 0) is 25.6 Å². The second-order valence-electron chi connectivity index (χ2n) is 10.00. The molecule has 1 fully saturated rings. The first-order chi connectivity index (χ1) is 20.2. The molecular weight excluding hydrogens is 588 g/mol. The molecule has 1 aromatic rings. The molecule has 0 spiro atoms. The van der Waals surface area contributed by atoms with Crippen molar-refractivity contribution >= 4 is 23.9 Å². The molecule has 4 N–H and O–H groups in total. The molecule has 0 saturated carbocycles. The van der Waals surface area contributed by atoms with E-state index in [0.29, 0.717) is 5.56 Å². The van der Waals surface area contributed by atoms with Crippen molar-refractivity contribution in [2.75, 3.05) is 72.0 Å². The quantitative estimate of drug-likeness (QED) is 0.210. The molecule has 43 heavy (non-hydrogen) atoms. The number of nitrogens with zero attached hydrogens (tertiary/aromatic N) is 4. The van der Waals surface area contributed by atoms with Crippen molar-refractivity contribution in [3.05, 3.63) is 29.8 Å². The number of hydrogen-bond donors (Lipinski definition) is 4. The van der Waals surface area contributed by atoms with Gasteiger partial charge < -0.3 is 25.2 Å². The molecule has 2 rings (SSSR count). The summed E-state index contributed by atoms with van der Waals surface area (Å²) in [7, 11) is 0. The third-order valence-corrected chi connectivity index (χ3v) is 6.77. The van der Waals surface area contributed by atoms with Crippen LogP contribution in [0.25, 0.3) is 0 Å². The topological polar surface area (TPSA) is 171 Å². The molecule has 13 nitrogen and oxygen atoms in total. The standard InChI is InChI=1S/C26H36F4N4O9/c27-23(24(28)29)25(30)43-18-3-1-17(2-4-18)13-19(26(41)42)34-11-9-32(15-21(37)38)7-5-31(14-20(35)36)6-8-33(10-12-34)16-22(39)40/h1-4,19,23-25H,5-16H2,(H,35,36)(H,37,38)(H,39,40)(H,41,42). The van der Waals surface area contributed by atoms with Gasteiger partial charge in [-0.05, 0) is 24.1 Å². The van der Waals surface area contributed by atoms with Crippen molar-refractivity contribution in [2.24, 2.45) is 0 Å². The maximum absolute atomic E-state index is 13.6. The van der Waals surface area contributed by atoms with Crippen molar-refractivity contribution in [2.45, 2.75) is 31.4 Å². The van der Waals surface area contributed by atoms with Crippen LogP contribution in [0.15, 0.2) is 24.3 Å². The monoisotopic (exact) mass is 624 g/mol. The third-order valence-electron chi connectivity index (χ3n) is 6.77. The first kappa shape index (κ1) is 35.7. The first-order valence-electron chi connectivity index (χ1n) is 13.4. The van der Waals surface area contributed by atoms with Gasteiger partial charge in [-0.2, -0.15) is 4.39 Å². The molecular formula is C26H36F4N4O9. The highest BCUT2D eigenvalue weighted by Gasteiger charge is 2.32. The van der Waals surface area contributed by atoms with Gasteiger partial charge in [0.25, 0.3) is 12.8 Å². The van der Waals surface area contributed by atoms with Gasteiger partial charge in [-0.1, -0.05) is 12.1 Å². The van der Waals surface area contributed by atoms with Gasteiger partial charge in [-0.15, -0.1) is 0 Å². The Hall–Kier alpha value is -3.54. The largest absolute Gasteiger partial charge is 0.480 e. The number of carbonyl (C=O) groups is 4. The zero-order valence-electron chi connectivity index (χ0n) is 23.2. The number of halogens is 4. The van der Waals surface area contributed by atoms with Gasteiger partial charge in [-0.25, -0.2) is 13.2 Å². The van der Waals surface area contributed by atoms with Gasteiger partial charge in [-0.3, -0.25) is 38.8 Å². The Kier molecular flexibility index (Phi) is 14.5. The fourth-order valence-corrected chi connectivity index (χ4v) is 4.52. The molecule has 1 aromatic carbocycles. The van der Waals surface area contributed by atoms with Crippen LogP contribution in [0.3, 0.4) is 0 Å². The SMILES string of the molecule is O=C(O)CN1CCN(CC(=O)O)CCN(C(Cc2ccc(OC(F)C(F)C(F)F)cc2)C(=O)O)CCN(CC(=O)O)CC1. The van der Waals surface area contributed by atoms with Gasteiger partial charge in [0.2, 0.25) is 6.17 Å². The molecule has 0 bridgehead atoms. The predicted octanol–water partition coefficient (Wildman–Crippen LogP) is 0.435. The number of alkyl halides is 4. The molecule has 0 radical (unpaired) electrons. The van der Waals surface area contributed by atoms with E-state index >= 15 is 0 Å². The maximum Gasteiger partial charge on any atom is 0.321 e. The van der Waals surface area contributed by atoms with Crippen molar-refractivity contribution in [1.82, 2.24) is 19.6 Å². The van der Waals surface area contributed by atoms with Gasteiger partial charge in [0.05, 0.1) is 19.6 Å². The summed E-state index contributed by atoms with van der Waals surface area (Å²) in [4.78, 5) is 52.9. The molecule has 1 saturated heterocycles. The van der Waals surface area contributed by atoms with Crippen LogP contribution in [0.2, 0.25) is 0 Å². The number of rotatable bonds is 14. The second-order valence-corrected chi connectivity index (χ2v) is 10.00. The maximum atomic E-state index is 13.6. The van der Waals surface area contributed by atoms with Crippen LogP contribution in [-0.4, -0.2) is 161 Å². The normalized spacial score (nSPS) is 19.1. The Morgan fingerprint density at radius 1 is 0.674 bits per heavy atom. The number of hydrogen-bond acceptors (Lipinski definition) is 9. The summed E-state index contributed by atoms with van der Waals surface area (Å²) < 4.78 is 56.1. The highest BCUT2D eigenvalue weighted by Crippen LogP contribution is 2.21. The van der Waals surface area contributed by atoms with Crippen molar-refractivity contribution in [3.8, 4) is 5.75 Å². The zero-order chi connectivity index (χ0) is 32.1.